The van der Waals surface area contributed by atoms with Crippen molar-refractivity contribution in [3.8, 4) is 11.9 Å². The van der Waals surface area contributed by atoms with Gasteiger partial charge in [-0.3, -0.25) is 0 Å². The summed E-state index contributed by atoms with van der Waals surface area (Å²) in [6.07, 6.45) is 2.76. The van der Waals surface area contributed by atoms with Crippen molar-refractivity contribution >= 4 is 41.9 Å². The number of nitriles is 1. The molecule has 0 aliphatic carbocycles. The normalized spacial score (nSPS) is 18.9. The third kappa shape index (κ3) is 6.67. The van der Waals surface area contributed by atoms with Crippen LogP contribution in [-0.4, -0.2) is 63.6 Å². The Balaban J connectivity index is 1.55. The summed E-state index contributed by atoms with van der Waals surface area (Å²) in [5.41, 5.74) is 0. The van der Waals surface area contributed by atoms with Crippen LogP contribution in [0.5, 0.6) is 5.75 Å². The maximum atomic E-state index is 12.9. The second-order valence-corrected chi connectivity index (χ2v) is 10.9. The minimum absolute atomic E-state index is 0.0645. The highest BCUT2D eigenvalue weighted by atomic mass is 79.9. The molecule has 0 spiro atoms. The molecule has 1 aliphatic rings. The Morgan fingerprint density at radius 3 is 2.71 bits per heavy atom. The lowest BCUT2D eigenvalue weighted by atomic mass is 10.2. The van der Waals surface area contributed by atoms with Gasteiger partial charge in [0.2, 0.25) is 10.0 Å². The van der Waals surface area contributed by atoms with Crippen molar-refractivity contribution in [2.45, 2.75) is 23.4 Å². The Hall–Kier alpha value is -1.64. The maximum Gasteiger partial charge on any atom is 0.242 e. The fourth-order valence-corrected chi connectivity index (χ4v) is 6.29. The number of sulfonamides is 1. The van der Waals surface area contributed by atoms with Crippen LogP contribution < -0.4 is 9.46 Å². The molecule has 0 aromatic heterocycles. The van der Waals surface area contributed by atoms with E-state index in [0.29, 0.717) is 41.6 Å². The van der Waals surface area contributed by atoms with Gasteiger partial charge in [-0.25, -0.2) is 13.1 Å². The first-order valence-electron chi connectivity index (χ1n) is 9.78. The zero-order valence-electron chi connectivity index (χ0n) is 17.0. The van der Waals surface area contributed by atoms with Crippen molar-refractivity contribution in [1.29, 1.82) is 5.26 Å². The van der Waals surface area contributed by atoms with Gasteiger partial charge in [-0.15, -0.1) is 0 Å². The second kappa shape index (κ2) is 10.8. The van der Waals surface area contributed by atoms with Crippen LogP contribution in [0.25, 0.3) is 0 Å². The molecule has 2 atom stereocenters. The number of halogens is 2. The first-order chi connectivity index (χ1) is 14.8. The fraction of sp³-hybridized carbons (Fsp3) is 0.381. The largest absolute Gasteiger partial charge is 0.492 e. The van der Waals surface area contributed by atoms with E-state index in [1.54, 1.807) is 23.1 Å². The number of nitrogens with one attached hydrogen (secondary N) is 1. The summed E-state index contributed by atoms with van der Waals surface area (Å²) < 4.78 is 35.4. The Labute approximate surface area is 200 Å². The van der Waals surface area contributed by atoms with Gasteiger partial charge in [0, 0.05) is 34.6 Å². The highest BCUT2D eigenvalue weighted by Crippen LogP contribution is 2.27. The van der Waals surface area contributed by atoms with Gasteiger partial charge in [-0.1, -0.05) is 34.1 Å². The van der Waals surface area contributed by atoms with Gasteiger partial charge in [0.15, 0.2) is 6.19 Å². The number of rotatable bonds is 9. The van der Waals surface area contributed by atoms with Crippen molar-refractivity contribution < 1.29 is 13.2 Å². The Morgan fingerprint density at radius 2 is 2.00 bits per heavy atom. The van der Waals surface area contributed by atoms with E-state index >= 15 is 0 Å². The predicted octanol–water partition coefficient (Wildman–Crippen LogP) is 3.42. The van der Waals surface area contributed by atoms with Crippen LogP contribution in [0.4, 0.5) is 0 Å². The van der Waals surface area contributed by atoms with Gasteiger partial charge < -0.3 is 14.5 Å². The van der Waals surface area contributed by atoms with Crippen LogP contribution in [0.15, 0.2) is 62.4 Å². The molecule has 0 amide bonds. The SMILES string of the molecule is CN(CCOc1ccccc1)CC1CC(NS(=O)(=O)c2cc(Br)ccc2Br)CN1C#N. The first-order valence-corrected chi connectivity index (χ1v) is 12.9. The van der Waals surface area contributed by atoms with Gasteiger partial charge in [0.05, 0.1) is 10.9 Å². The molecule has 2 aromatic rings. The highest BCUT2D eigenvalue weighted by Gasteiger charge is 2.35. The van der Waals surface area contributed by atoms with E-state index in [-0.39, 0.29) is 17.0 Å². The van der Waals surface area contributed by atoms with E-state index < -0.39 is 10.0 Å². The number of ether oxygens (including phenoxy) is 1. The Morgan fingerprint density at radius 1 is 1.26 bits per heavy atom. The van der Waals surface area contributed by atoms with E-state index in [2.05, 4.69) is 47.7 Å². The van der Waals surface area contributed by atoms with Crippen LogP contribution in [0.1, 0.15) is 6.42 Å². The summed E-state index contributed by atoms with van der Waals surface area (Å²) in [4.78, 5) is 3.92. The molecular formula is C21H24Br2N4O3S. The number of nitrogens with zero attached hydrogens (tertiary/aromatic N) is 3. The molecule has 1 N–H and O–H groups in total. The lowest BCUT2D eigenvalue weighted by molar-refractivity contribution is 0.202. The second-order valence-electron chi connectivity index (χ2n) is 7.46. The predicted molar refractivity (Wildman–Crippen MR) is 126 cm³/mol. The first kappa shape index (κ1) is 24.0. The molecule has 31 heavy (non-hydrogen) atoms. The van der Waals surface area contributed by atoms with Crippen molar-refractivity contribution in [2.75, 3.05) is 33.3 Å². The molecular weight excluding hydrogens is 548 g/mol. The van der Waals surface area contributed by atoms with Crippen molar-refractivity contribution in [3.05, 3.63) is 57.5 Å². The number of para-hydroxylation sites is 1. The van der Waals surface area contributed by atoms with E-state index in [1.807, 2.05) is 37.4 Å². The molecule has 1 fully saturated rings. The summed E-state index contributed by atoms with van der Waals surface area (Å²) in [6.45, 7) is 2.23. The number of likely N-dealkylation sites (tertiary alicyclic amines) is 1. The summed E-state index contributed by atoms with van der Waals surface area (Å²) in [7, 11) is -1.75. The highest BCUT2D eigenvalue weighted by molar-refractivity contribution is 9.11. The minimum Gasteiger partial charge on any atom is -0.492 e. The molecule has 2 aromatic carbocycles. The number of hydrogen-bond acceptors (Lipinski definition) is 6. The van der Waals surface area contributed by atoms with Gasteiger partial charge >= 0.3 is 0 Å². The van der Waals surface area contributed by atoms with Gasteiger partial charge in [-0.05, 0) is 59.7 Å². The third-order valence-electron chi connectivity index (χ3n) is 5.05. The van der Waals surface area contributed by atoms with Gasteiger partial charge in [0.25, 0.3) is 0 Å². The van der Waals surface area contributed by atoms with Crippen LogP contribution >= 0.6 is 31.9 Å². The quantitative estimate of drug-likeness (QED) is 0.464. The lowest BCUT2D eigenvalue weighted by Gasteiger charge is -2.24. The topological polar surface area (TPSA) is 85.7 Å². The molecule has 0 radical (unpaired) electrons. The molecule has 1 heterocycles. The summed E-state index contributed by atoms with van der Waals surface area (Å²) >= 11 is 6.62. The molecule has 0 bridgehead atoms. The lowest BCUT2D eigenvalue weighted by Crippen LogP contribution is -2.38. The zero-order valence-corrected chi connectivity index (χ0v) is 21.0. The van der Waals surface area contributed by atoms with Gasteiger partial charge in [-0.2, -0.15) is 5.26 Å². The summed E-state index contributed by atoms with van der Waals surface area (Å²) in [6, 6.07) is 14.2. The fourth-order valence-electron chi connectivity index (χ4n) is 3.55. The smallest absolute Gasteiger partial charge is 0.242 e. The number of hydrogen-bond donors (Lipinski definition) is 1. The van der Waals surface area contributed by atoms with Gasteiger partial charge in [0.1, 0.15) is 12.4 Å². The number of likely N-dealkylation sites (N-methyl/N-ethyl adjacent to an activating group) is 1. The summed E-state index contributed by atoms with van der Waals surface area (Å²) in [5.74, 6) is 0.823. The summed E-state index contributed by atoms with van der Waals surface area (Å²) in [5, 5.41) is 9.53. The standard InChI is InChI=1S/C21H24Br2N4O3S/c1-26(9-10-30-19-5-3-2-4-6-19)14-18-12-17(13-27(18)15-24)25-31(28,29)21-11-16(22)7-8-20(21)23/h2-8,11,17-18,25H,9-10,12-14H2,1H3. The molecule has 166 valence electrons. The van der Waals surface area contributed by atoms with E-state index in [1.165, 1.54) is 0 Å². The van der Waals surface area contributed by atoms with Crippen LogP contribution in [0.3, 0.4) is 0 Å². The molecule has 1 aliphatic heterocycles. The van der Waals surface area contributed by atoms with Crippen LogP contribution in [0, 0.1) is 11.5 Å². The van der Waals surface area contributed by atoms with Crippen LogP contribution in [0.2, 0.25) is 0 Å². The zero-order chi connectivity index (χ0) is 22.4. The molecule has 10 heteroatoms. The Bertz CT molecular complexity index is 1030. The molecule has 3 rings (SSSR count). The average Bonchev–Trinajstić information content (AvgIpc) is 3.10. The van der Waals surface area contributed by atoms with Crippen molar-refractivity contribution in [1.82, 2.24) is 14.5 Å². The Kier molecular flexibility index (Phi) is 8.36. The minimum atomic E-state index is -3.72. The van der Waals surface area contributed by atoms with Crippen molar-refractivity contribution in [3.63, 3.8) is 0 Å². The van der Waals surface area contributed by atoms with E-state index in [0.717, 1.165) is 5.75 Å². The van der Waals surface area contributed by atoms with Crippen molar-refractivity contribution in [2.24, 2.45) is 0 Å². The molecule has 0 saturated carbocycles. The number of benzene rings is 2. The monoisotopic (exact) mass is 570 g/mol. The van der Waals surface area contributed by atoms with E-state index in [9.17, 15) is 13.7 Å². The average molecular weight is 572 g/mol. The van der Waals surface area contributed by atoms with Crippen LogP contribution in [-0.2, 0) is 10.0 Å². The molecule has 2 unspecified atom stereocenters. The molecule has 1 saturated heterocycles. The molecule has 7 nitrogen and oxygen atoms in total. The maximum absolute atomic E-state index is 12.9. The van der Waals surface area contributed by atoms with E-state index in [4.69, 9.17) is 4.74 Å². The third-order valence-corrected chi connectivity index (χ3v) is 8.06.